The molecule has 0 radical (unpaired) electrons. The molecule has 0 aliphatic rings. The summed E-state index contributed by atoms with van der Waals surface area (Å²) in [4.78, 5) is 12.3. The molecule has 7 nitrogen and oxygen atoms in total. The Morgan fingerprint density at radius 1 is 1.31 bits per heavy atom. The molecule has 0 aliphatic heterocycles. The SMILES string of the molecule is CCCOc1c(Br)cc(/C=N\n2c(SC)nnc(C)c2=O)cc1OCC. The maximum Gasteiger partial charge on any atom is 0.296 e. The fourth-order valence-electron chi connectivity index (χ4n) is 2.07. The molecule has 0 unspecified atom stereocenters. The van der Waals surface area contributed by atoms with Gasteiger partial charge in [0.15, 0.2) is 11.5 Å². The topological polar surface area (TPSA) is 78.6 Å². The van der Waals surface area contributed by atoms with Crippen molar-refractivity contribution in [3.05, 3.63) is 38.2 Å². The number of rotatable bonds is 8. The Morgan fingerprint density at radius 2 is 2.08 bits per heavy atom. The number of halogens is 1. The Hall–Kier alpha value is -1.87. The summed E-state index contributed by atoms with van der Waals surface area (Å²) in [6.07, 6.45) is 4.30. The molecule has 1 aromatic carbocycles. The summed E-state index contributed by atoms with van der Waals surface area (Å²) in [5.74, 6) is 1.28. The number of hydrogen-bond donors (Lipinski definition) is 0. The number of benzene rings is 1. The van der Waals surface area contributed by atoms with E-state index in [1.165, 1.54) is 16.4 Å². The van der Waals surface area contributed by atoms with Gasteiger partial charge in [0, 0.05) is 0 Å². The Kier molecular flexibility index (Phi) is 7.65. The first-order valence-corrected chi connectivity index (χ1v) is 10.2. The van der Waals surface area contributed by atoms with E-state index in [2.05, 4.69) is 31.2 Å². The highest BCUT2D eigenvalue weighted by atomic mass is 79.9. The van der Waals surface area contributed by atoms with Crippen LogP contribution in [-0.2, 0) is 0 Å². The van der Waals surface area contributed by atoms with Crippen LogP contribution in [0.25, 0.3) is 0 Å². The van der Waals surface area contributed by atoms with E-state index in [0.717, 1.165) is 16.5 Å². The van der Waals surface area contributed by atoms with Gasteiger partial charge in [-0.3, -0.25) is 4.79 Å². The highest BCUT2D eigenvalue weighted by molar-refractivity contribution is 9.10. The molecule has 9 heteroatoms. The van der Waals surface area contributed by atoms with Gasteiger partial charge in [0.2, 0.25) is 5.16 Å². The van der Waals surface area contributed by atoms with Gasteiger partial charge < -0.3 is 9.47 Å². The predicted octanol–water partition coefficient (Wildman–Crippen LogP) is 3.50. The highest BCUT2D eigenvalue weighted by Gasteiger charge is 2.12. The average molecular weight is 441 g/mol. The zero-order valence-corrected chi connectivity index (χ0v) is 17.6. The van der Waals surface area contributed by atoms with Crippen LogP contribution in [0.3, 0.4) is 0 Å². The molecule has 0 aliphatic carbocycles. The summed E-state index contributed by atoms with van der Waals surface area (Å²) in [5, 5.41) is 12.5. The molecular formula is C17H21BrN4O3S. The third kappa shape index (κ3) is 4.85. The van der Waals surface area contributed by atoms with Gasteiger partial charge in [-0.25, -0.2) is 0 Å². The zero-order valence-electron chi connectivity index (χ0n) is 15.2. The van der Waals surface area contributed by atoms with Crippen molar-refractivity contribution in [3.8, 4) is 11.5 Å². The van der Waals surface area contributed by atoms with E-state index < -0.39 is 0 Å². The van der Waals surface area contributed by atoms with Crippen LogP contribution in [-0.4, -0.2) is 40.6 Å². The monoisotopic (exact) mass is 440 g/mol. The first kappa shape index (κ1) is 20.4. The average Bonchev–Trinajstić information content (AvgIpc) is 2.62. The molecule has 0 saturated heterocycles. The van der Waals surface area contributed by atoms with Gasteiger partial charge >= 0.3 is 0 Å². The van der Waals surface area contributed by atoms with Crippen molar-refractivity contribution in [2.75, 3.05) is 19.5 Å². The van der Waals surface area contributed by atoms with Crippen LogP contribution in [0.5, 0.6) is 11.5 Å². The van der Waals surface area contributed by atoms with E-state index in [0.29, 0.717) is 35.6 Å². The lowest BCUT2D eigenvalue weighted by Crippen LogP contribution is -2.23. The summed E-state index contributed by atoms with van der Waals surface area (Å²) in [7, 11) is 0. The van der Waals surface area contributed by atoms with Gasteiger partial charge in [-0.15, -0.1) is 10.2 Å². The van der Waals surface area contributed by atoms with Gasteiger partial charge in [-0.05, 0) is 60.2 Å². The second-order valence-corrected chi connectivity index (χ2v) is 6.87. The molecule has 0 atom stereocenters. The second-order valence-electron chi connectivity index (χ2n) is 5.25. The molecule has 2 rings (SSSR count). The lowest BCUT2D eigenvalue weighted by Gasteiger charge is -2.14. The molecule has 0 fully saturated rings. The molecule has 0 saturated carbocycles. The Balaban J connectivity index is 2.43. The second kappa shape index (κ2) is 9.72. The van der Waals surface area contributed by atoms with Crippen molar-refractivity contribution in [2.24, 2.45) is 5.10 Å². The minimum atomic E-state index is -0.299. The van der Waals surface area contributed by atoms with E-state index in [9.17, 15) is 4.79 Å². The number of aryl methyl sites for hydroxylation is 1. The number of aromatic nitrogens is 3. The van der Waals surface area contributed by atoms with Gasteiger partial charge in [-0.2, -0.15) is 9.78 Å². The largest absolute Gasteiger partial charge is 0.490 e. The fourth-order valence-corrected chi connectivity index (χ4v) is 3.07. The van der Waals surface area contributed by atoms with E-state index in [1.807, 2.05) is 32.2 Å². The van der Waals surface area contributed by atoms with Crippen molar-refractivity contribution >= 4 is 33.9 Å². The zero-order chi connectivity index (χ0) is 19.1. The molecule has 1 aromatic heterocycles. The first-order valence-electron chi connectivity index (χ1n) is 8.15. The Morgan fingerprint density at radius 3 is 2.73 bits per heavy atom. The fraction of sp³-hybridized carbons (Fsp3) is 0.412. The van der Waals surface area contributed by atoms with Crippen molar-refractivity contribution in [2.45, 2.75) is 32.3 Å². The maximum absolute atomic E-state index is 12.3. The number of thioether (sulfide) groups is 1. The first-order chi connectivity index (χ1) is 12.5. The Labute approximate surface area is 164 Å². The molecule has 0 N–H and O–H groups in total. The van der Waals surface area contributed by atoms with Gasteiger partial charge in [0.05, 0.1) is 23.9 Å². The normalized spacial score (nSPS) is 11.1. The van der Waals surface area contributed by atoms with Crippen LogP contribution in [0.15, 0.2) is 31.7 Å². The van der Waals surface area contributed by atoms with E-state index in [-0.39, 0.29) is 5.56 Å². The van der Waals surface area contributed by atoms with E-state index in [4.69, 9.17) is 9.47 Å². The standard InChI is InChI=1S/C17H21BrN4O3S/c1-5-7-25-15-13(18)8-12(9-14(15)24-6-2)10-19-22-16(23)11(3)20-21-17(22)26-4/h8-10H,5-7H2,1-4H3/b19-10-. The molecule has 0 bridgehead atoms. The smallest absolute Gasteiger partial charge is 0.296 e. The van der Waals surface area contributed by atoms with E-state index in [1.54, 1.807) is 13.1 Å². The summed E-state index contributed by atoms with van der Waals surface area (Å²) >= 11 is 4.82. The van der Waals surface area contributed by atoms with E-state index >= 15 is 0 Å². The highest BCUT2D eigenvalue weighted by Crippen LogP contribution is 2.36. The predicted molar refractivity (Wildman–Crippen MR) is 107 cm³/mol. The van der Waals surface area contributed by atoms with Crippen molar-refractivity contribution in [3.63, 3.8) is 0 Å². The minimum absolute atomic E-state index is 0.291. The number of hydrogen-bond acceptors (Lipinski definition) is 7. The lowest BCUT2D eigenvalue weighted by atomic mass is 10.2. The molecule has 2 aromatic rings. The lowest BCUT2D eigenvalue weighted by molar-refractivity contribution is 0.275. The molecule has 26 heavy (non-hydrogen) atoms. The summed E-state index contributed by atoms with van der Waals surface area (Å²) in [6, 6.07) is 3.69. The third-order valence-electron chi connectivity index (χ3n) is 3.26. The molecule has 1 heterocycles. The van der Waals surface area contributed by atoms with Crippen LogP contribution < -0.4 is 15.0 Å². The summed E-state index contributed by atoms with van der Waals surface area (Å²) < 4.78 is 13.5. The molecular weight excluding hydrogens is 420 g/mol. The molecule has 0 amide bonds. The number of nitrogens with zero attached hydrogens (tertiary/aromatic N) is 4. The maximum atomic E-state index is 12.3. The van der Waals surface area contributed by atoms with Crippen LogP contribution in [0.1, 0.15) is 31.5 Å². The quantitative estimate of drug-likeness (QED) is 0.461. The van der Waals surface area contributed by atoms with Crippen LogP contribution >= 0.6 is 27.7 Å². The van der Waals surface area contributed by atoms with Crippen molar-refractivity contribution in [1.82, 2.24) is 14.9 Å². The van der Waals surface area contributed by atoms with Crippen LogP contribution in [0.4, 0.5) is 0 Å². The van der Waals surface area contributed by atoms with Crippen molar-refractivity contribution < 1.29 is 9.47 Å². The number of ether oxygens (including phenoxy) is 2. The third-order valence-corrected chi connectivity index (χ3v) is 4.46. The van der Waals surface area contributed by atoms with Gasteiger partial charge in [0.1, 0.15) is 5.69 Å². The Bertz CT molecular complexity index is 855. The van der Waals surface area contributed by atoms with Gasteiger partial charge in [-0.1, -0.05) is 18.7 Å². The van der Waals surface area contributed by atoms with Crippen molar-refractivity contribution in [1.29, 1.82) is 0 Å². The van der Waals surface area contributed by atoms with Gasteiger partial charge in [0.25, 0.3) is 5.56 Å². The van der Waals surface area contributed by atoms with Crippen LogP contribution in [0, 0.1) is 6.92 Å². The molecule has 0 spiro atoms. The van der Waals surface area contributed by atoms with Crippen LogP contribution in [0.2, 0.25) is 0 Å². The minimum Gasteiger partial charge on any atom is -0.490 e. The molecule has 140 valence electrons. The summed E-state index contributed by atoms with van der Waals surface area (Å²) in [6.45, 7) is 6.67. The summed E-state index contributed by atoms with van der Waals surface area (Å²) in [5.41, 5.74) is 0.754.